The Morgan fingerprint density at radius 3 is 2.47 bits per heavy atom. The van der Waals surface area contributed by atoms with Gasteiger partial charge in [0.15, 0.2) is 5.11 Å². The summed E-state index contributed by atoms with van der Waals surface area (Å²) in [5, 5.41) is 9.42. The number of anilines is 2. The zero-order valence-corrected chi connectivity index (χ0v) is 21.8. The van der Waals surface area contributed by atoms with E-state index in [0.29, 0.717) is 29.5 Å². The highest BCUT2D eigenvalue weighted by molar-refractivity contribution is 7.89. The number of nitrogens with zero attached hydrogens (tertiary/aromatic N) is 2. The summed E-state index contributed by atoms with van der Waals surface area (Å²) in [5.74, 6) is -0.588. The molecule has 3 aromatic carbocycles. The number of hydrogen-bond acceptors (Lipinski definition) is 5. The Kier molecular flexibility index (Phi) is 6.98. The number of aromatic amines is 1. The Hall–Kier alpha value is -4.06. The molecule has 1 fully saturated rings. The number of thiocarbonyl (C=S) groups is 1. The van der Waals surface area contributed by atoms with Gasteiger partial charge in [0, 0.05) is 23.9 Å². The fourth-order valence-corrected chi connectivity index (χ4v) is 5.44. The number of benzene rings is 3. The van der Waals surface area contributed by atoms with Gasteiger partial charge < -0.3 is 15.2 Å². The van der Waals surface area contributed by atoms with E-state index in [2.05, 4.69) is 10.3 Å². The molecule has 2 amide bonds. The van der Waals surface area contributed by atoms with Crippen molar-refractivity contribution in [3.63, 3.8) is 0 Å². The van der Waals surface area contributed by atoms with Crippen LogP contribution in [0.1, 0.15) is 12.0 Å². The number of aromatic nitrogens is 1. The third kappa shape index (κ3) is 5.30. The molecule has 1 unspecified atom stereocenters. The first-order chi connectivity index (χ1) is 18.2. The summed E-state index contributed by atoms with van der Waals surface area (Å²) in [7, 11) is -3.79. The fraction of sp³-hybridized carbons (Fsp3) is 0.148. The van der Waals surface area contributed by atoms with Crippen molar-refractivity contribution in [3.8, 4) is 0 Å². The highest BCUT2D eigenvalue weighted by Crippen LogP contribution is 2.28. The molecule has 1 saturated heterocycles. The SMILES string of the molecule is NS(=O)(=O)c1ccc(CCN2C(=S)N(c3ccccc3)C(=O)C2CC(=O)Nc2ccc3cc[nH]c3c2)cc1. The molecule has 0 saturated carbocycles. The van der Waals surface area contributed by atoms with Gasteiger partial charge in [0.2, 0.25) is 15.9 Å². The number of nitrogens with two attached hydrogens (primary N) is 1. The molecule has 1 aromatic heterocycles. The van der Waals surface area contributed by atoms with Gasteiger partial charge in [-0.15, -0.1) is 0 Å². The zero-order chi connectivity index (χ0) is 26.9. The molecule has 38 heavy (non-hydrogen) atoms. The average Bonchev–Trinajstić information content (AvgIpc) is 3.45. The van der Waals surface area contributed by atoms with Crippen molar-refractivity contribution in [1.82, 2.24) is 9.88 Å². The minimum atomic E-state index is -3.79. The Labute approximate surface area is 225 Å². The van der Waals surface area contributed by atoms with Gasteiger partial charge in [0.05, 0.1) is 17.0 Å². The van der Waals surface area contributed by atoms with Crippen molar-refractivity contribution in [3.05, 3.63) is 90.6 Å². The van der Waals surface area contributed by atoms with Gasteiger partial charge in [-0.2, -0.15) is 0 Å². The van der Waals surface area contributed by atoms with Crippen LogP contribution in [-0.2, 0) is 26.0 Å². The lowest BCUT2D eigenvalue weighted by Crippen LogP contribution is -2.39. The monoisotopic (exact) mass is 547 g/mol. The summed E-state index contributed by atoms with van der Waals surface area (Å²) in [6, 6.07) is 22.0. The third-order valence-electron chi connectivity index (χ3n) is 6.44. The second-order valence-electron chi connectivity index (χ2n) is 8.97. The maximum absolute atomic E-state index is 13.6. The van der Waals surface area contributed by atoms with E-state index in [-0.39, 0.29) is 23.1 Å². The topological polar surface area (TPSA) is 129 Å². The summed E-state index contributed by atoms with van der Waals surface area (Å²) in [6.07, 6.45) is 2.21. The Balaban J connectivity index is 1.35. The van der Waals surface area contributed by atoms with Crippen molar-refractivity contribution in [2.75, 3.05) is 16.8 Å². The van der Waals surface area contributed by atoms with E-state index < -0.39 is 16.1 Å². The first-order valence-corrected chi connectivity index (χ1v) is 13.8. The molecule has 11 heteroatoms. The normalized spacial score (nSPS) is 15.9. The van der Waals surface area contributed by atoms with E-state index in [1.165, 1.54) is 17.0 Å². The first-order valence-electron chi connectivity index (χ1n) is 11.9. The zero-order valence-electron chi connectivity index (χ0n) is 20.2. The van der Waals surface area contributed by atoms with Crippen molar-refractivity contribution in [1.29, 1.82) is 0 Å². The van der Waals surface area contributed by atoms with Crippen LogP contribution < -0.4 is 15.4 Å². The summed E-state index contributed by atoms with van der Waals surface area (Å²) >= 11 is 5.71. The highest BCUT2D eigenvalue weighted by Gasteiger charge is 2.43. The van der Waals surface area contributed by atoms with Gasteiger partial charge in [-0.25, -0.2) is 13.6 Å². The van der Waals surface area contributed by atoms with E-state index in [0.717, 1.165) is 16.5 Å². The predicted molar refractivity (Wildman–Crippen MR) is 150 cm³/mol. The summed E-state index contributed by atoms with van der Waals surface area (Å²) < 4.78 is 23.1. The maximum Gasteiger partial charge on any atom is 0.256 e. The Bertz CT molecular complexity index is 1620. The van der Waals surface area contributed by atoms with Gasteiger partial charge in [-0.3, -0.25) is 14.5 Å². The van der Waals surface area contributed by atoms with Crippen molar-refractivity contribution in [2.24, 2.45) is 5.14 Å². The number of hydrogen-bond donors (Lipinski definition) is 3. The number of carbonyl (C=O) groups excluding carboxylic acids is 2. The van der Waals surface area contributed by atoms with Crippen molar-refractivity contribution in [2.45, 2.75) is 23.8 Å². The number of sulfonamides is 1. The van der Waals surface area contributed by atoms with Crippen LogP contribution >= 0.6 is 12.2 Å². The molecule has 2 heterocycles. The molecule has 1 aliphatic rings. The Morgan fingerprint density at radius 2 is 1.76 bits per heavy atom. The van der Waals surface area contributed by atoms with Crippen LogP contribution in [0.15, 0.2) is 90.0 Å². The largest absolute Gasteiger partial charge is 0.361 e. The molecule has 4 aromatic rings. The van der Waals surface area contributed by atoms with Gasteiger partial charge in [0.25, 0.3) is 5.91 Å². The minimum absolute atomic E-state index is 0.0236. The fourth-order valence-electron chi connectivity index (χ4n) is 4.51. The van der Waals surface area contributed by atoms with E-state index in [1.54, 1.807) is 29.2 Å². The van der Waals surface area contributed by atoms with Crippen LogP contribution in [0.25, 0.3) is 10.9 Å². The van der Waals surface area contributed by atoms with E-state index >= 15 is 0 Å². The van der Waals surface area contributed by atoms with Crippen LogP contribution in [0, 0.1) is 0 Å². The second-order valence-corrected chi connectivity index (χ2v) is 10.9. The van der Waals surface area contributed by atoms with Crippen LogP contribution in [0.2, 0.25) is 0 Å². The van der Waals surface area contributed by atoms with Crippen LogP contribution in [0.4, 0.5) is 11.4 Å². The van der Waals surface area contributed by atoms with E-state index in [1.807, 2.05) is 48.7 Å². The number of H-pyrrole nitrogens is 1. The van der Waals surface area contributed by atoms with Crippen molar-refractivity contribution < 1.29 is 18.0 Å². The number of amides is 2. The molecular formula is C27H25N5O4S2. The van der Waals surface area contributed by atoms with Gasteiger partial charge in [0.1, 0.15) is 6.04 Å². The van der Waals surface area contributed by atoms with Crippen molar-refractivity contribution >= 4 is 61.4 Å². The Morgan fingerprint density at radius 1 is 1.03 bits per heavy atom. The second kappa shape index (κ2) is 10.4. The predicted octanol–water partition coefficient (Wildman–Crippen LogP) is 3.39. The van der Waals surface area contributed by atoms with Crippen LogP contribution in [-0.4, -0.2) is 47.8 Å². The molecule has 0 radical (unpaired) electrons. The number of para-hydroxylation sites is 1. The maximum atomic E-state index is 13.6. The van der Waals surface area contributed by atoms with Gasteiger partial charge in [-0.1, -0.05) is 36.4 Å². The summed E-state index contributed by atoms with van der Waals surface area (Å²) in [6.45, 7) is 0.356. The smallest absolute Gasteiger partial charge is 0.256 e. The first kappa shape index (κ1) is 25.6. The number of rotatable bonds is 8. The summed E-state index contributed by atoms with van der Waals surface area (Å²) in [5.41, 5.74) is 2.99. The number of fused-ring (bicyclic) bond motifs is 1. The van der Waals surface area contributed by atoms with Gasteiger partial charge >= 0.3 is 0 Å². The summed E-state index contributed by atoms with van der Waals surface area (Å²) in [4.78, 5) is 33.0. The molecule has 9 nitrogen and oxygen atoms in total. The lowest BCUT2D eigenvalue weighted by molar-refractivity contribution is -0.124. The average molecular weight is 548 g/mol. The standard InChI is InChI=1S/C27H25N5O4S2/c28-38(35,36)22-10-6-18(7-11-22)13-15-31-24(26(34)32(27(31)37)21-4-2-1-3-5-21)17-25(33)30-20-9-8-19-12-14-29-23(19)16-20/h1-12,14,16,24,29H,13,15,17H2,(H,30,33)(H2,28,35,36). The minimum Gasteiger partial charge on any atom is -0.361 e. The lowest BCUT2D eigenvalue weighted by Gasteiger charge is -2.24. The van der Waals surface area contributed by atoms with Crippen LogP contribution in [0.3, 0.4) is 0 Å². The highest BCUT2D eigenvalue weighted by atomic mass is 32.2. The molecule has 1 aliphatic heterocycles. The van der Waals surface area contributed by atoms with E-state index in [4.69, 9.17) is 17.4 Å². The molecule has 194 valence electrons. The number of primary sulfonamides is 1. The molecular weight excluding hydrogens is 522 g/mol. The molecule has 1 atom stereocenters. The number of nitrogens with one attached hydrogen (secondary N) is 2. The van der Waals surface area contributed by atoms with E-state index in [9.17, 15) is 18.0 Å². The quantitative estimate of drug-likeness (QED) is 0.290. The third-order valence-corrected chi connectivity index (χ3v) is 7.79. The molecule has 0 spiro atoms. The lowest BCUT2D eigenvalue weighted by atomic mass is 10.1. The molecule has 4 N–H and O–H groups in total. The molecule has 0 bridgehead atoms. The molecule has 5 rings (SSSR count). The van der Waals surface area contributed by atoms with Crippen LogP contribution in [0.5, 0.6) is 0 Å². The molecule has 0 aliphatic carbocycles. The van der Waals surface area contributed by atoms with Gasteiger partial charge in [-0.05, 0) is 72.1 Å². The number of carbonyl (C=O) groups is 2.